The van der Waals surface area contributed by atoms with Crippen LogP contribution in [0.2, 0.25) is 0 Å². The Morgan fingerprint density at radius 3 is 2.22 bits per heavy atom. The molecule has 0 spiro atoms. The number of likely N-dealkylation sites (N-methyl/N-ethyl adjacent to an activating group) is 1. The van der Waals surface area contributed by atoms with E-state index >= 15 is 0 Å². The van der Waals surface area contributed by atoms with Gasteiger partial charge in [0.05, 0.1) is 12.1 Å². The maximum absolute atomic E-state index is 12.7. The van der Waals surface area contributed by atoms with Crippen LogP contribution in [0.15, 0.2) is 89.7 Å². The lowest BCUT2D eigenvalue weighted by Crippen LogP contribution is -2.44. The Kier molecular flexibility index (Phi) is 5.65. The average molecular weight is 425 g/mol. The molecule has 0 unspecified atom stereocenters. The monoisotopic (exact) mass is 424 g/mol. The highest BCUT2D eigenvalue weighted by molar-refractivity contribution is 5.83. The quantitative estimate of drug-likeness (QED) is 0.510. The number of benzene rings is 3. The lowest BCUT2D eigenvalue weighted by molar-refractivity contribution is 0.313. The molecule has 1 aliphatic rings. The summed E-state index contributed by atoms with van der Waals surface area (Å²) in [4.78, 5) is 17.4. The summed E-state index contributed by atoms with van der Waals surface area (Å²) in [6.45, 7) is 4.88. The predicted octanol–water partition coefficient (Wildman–Crippen LogP) is 4.55. The molecule has 0 saturated carbocycles. The average Bonchev–Trinajstić information content (AvgIpc) is 2.83. The van der Waals surface area contributed by atoms with Crippen molar-refractivity contribution in [1.82, 2.24) is 9.47 Å². The van der Waals surface area contributed by atoms with E-state index in [0.29, 0.717) is 6.54 Å². The standard InChI is InChI=1S/C27H28N4O/c1-29-15-17-30(18-16-29)25-12-10-23(11-13-25)28-24-9-7-22-8-14-27(32)31(26(22)19-24)20-21-5-3-2-4-6-21/h2-14,19,28H,15-18,20H2,1H3. The van der Waals surface area contributed by atoms with Gasteiger partial charge in [0, 0.05) is 49.3 Å². The van der Waals surface area contributed by atoms with Crippen molar-refractivity contribution in [3.8, 4) is 0 Å². The van der Waals surface area contributed by atoms with Crippen molar-refractivity contribution in [1.29, 1.82) is 0 Å². The summed E-state index contributed by atoms with van der Waals surface area (Å²) in [7, 11) is 2.17. The van der Waals surface area contributed by atoms with Crippen LogP contribution >= 0.6 is 0 Å². The second kappa shape index (κ2) is 8.89. The number of anilines is 3. The number of nitrogens with zero attached hydrogens (tertiary/aromatic N) is 3. The Bertz CT molecular complexity index is 1260. The fourth-order valence-electron chi connectivity index (χ4n) is 4.28. The molecular formula is C27H28N4O. The van der Waals surface area contributed by atoms with Gasteiger partial charge >= 0.3 is 0 Å². The fraction of sp³-hybridized carbons (Fsp3) is 0.222. The molecule has 0 radical (unpaired) electrons. The van der Waals surface area contributed by atoms with E-state index in [-0.39, 0.29) is 5.56 Å². The summed E-state index contributed by atoms with van der Waals surface area (Å²) in [5.74, 6) is 0. The van der Waals surface area contributed by atoms with Gasteiger partial charge in [-0.3, -0.25) is 4.79 Å². The fourth-order valence-corrected chi connectivity index (χ4v) is 4.28. The van der Waals surface area contributed by atoms with E-state index in [2.05, 4.69) is 76.8 Å². The maximum Gasteiger partial charge on any atom is 0.251 e. The van der Waals surface area contributed by atoms with Crippen LogP contribution in [0.4, 0.5) is 17.1 Å². The first-order valence-electron chi connectivity index (χ1n) is 11.1. The number of fused-ring (bicyclic) bond motifs is 1. The molecule has 0 bridgehead atoms. The van der Waals surface area contributed by atoms with Crippen LogP contribution in [0.3, 0.4) is 0 Å². The molecule has 5 heteroatoms. The SMILES string of the molecule is CN1CCN(c2ccc(Nc3ccc4ccc(=O)n(Cc5ccccc5)c4c3)cc2)CC1. The molecule has 5 rings (SSSR count). The third-order valence-corrected chi connectivity index (χ3v) is 6.20. The molecule has 32 heavy (non-hydrogen) atoms. The zero-order valence-corrected chi connectivity index (χ0v) is 18.4. The van der Waals surface area contributed by atoms with Crippen LogP contribution < -0.4 is 15.8 Å². The number of rotatable bonds is 5. The summed E-state index contributed by atoms with van der Waals surface area (Å²) in [5, 5.41) is 4.55. The highest BCUT2D eigenvalue weighted by Crippen LogP contribution is 2.25. The summed E-state index contributed by atoms with van der Waals surface area (Å²) >= 11 is 0. The van der Waals surface area contributed by atoms with E-state index in [4.69, 9.17) is 0 Å². The summed E-state index contributed by atoms with van der Waals surface area (Å²) in [6.07, 6.45) is 0. The molecule has 162 valence electrons. The van der Waals surface area contributed by atoms with E-state index in [1.807, 2.05) is 28.8 Å². The first-order chi connectivity index (χ1) is 15.7. The van der Waals surface area contributed by atoms with Crippen molar-refractivity contribution < 1.29 is 0 Å². The van der Waals surface area contributed by atoms with Crippen molar-refractivity contribution in [2.75, 3.05) is 43.4 Å². The smallest absolute Gasteiger partial charge is 0.251 e. The van der Waals surface area contributed by atoms with Gasteiger partial charge in [-0.15, -0.1) is 0 Å². The molecule has 0 amide bonds. The number of piperazine rings is 1. The Morgan fingerprint density at radius 1 is 0.781 bits per heavy atom. The van der Waals surface area contributed by atoms with Gasteiger partial charge in [-0.1, -0.05) is 36.4 Å². The van der Waals surface area contributed by atoms with E-state index < -0.39 is 0 Å². The number of hydrogen-bond acceptors (Lipinski definition) is 4. The van der Waals surface area contributed by atoms with Crippen LogP contribution in [-0.4, -0.2) is 42.7 Å². The molecule has 1 aliphatic heterocycles. The largest absolute Gasteiger partial charge is 0.369 e. The second-order valence-corrected chi connectivity index (χ2v) is 8.48. The van der Waals surface area contributed by atoms with E-state index in [1.165, 1.54) is 5.69 Å². The van der Waals surface area contributed by atoms with E-state index in [0.717, 1.165) is 54.0 Å². The normalized spacial score (nSPS) is 14.6. The Morgan fingerprint density at radius 2 is 1.47 bits per heavy atom. The van der Waals surface area contributed by atoms with Gasteiger partial charge < -0.3 is 19.7 Å². The number of aromatic nitrogens is 1. The molecule has 1 fully saturated rings. The van der Waals surface area contributed by atoms with Crippen molar-refractivity contribution in [3.63, 3.8) is 0 Å². The first-order valence-corrected chi connectivity index (χ1v) is 11.1. The van der Waals surface area contributed by atoms with Gasteiger partial charge in [0.2, 0.25) is 0 Å². The van der Waals surface area contributed by atoms with Gasteiger partial charge in [0.25, 0.3) is 5.56 Å². The third kappa shape index (κ3) is 4.39. The molecule has 5 nitrogen and oxygen atoms in total. The minimum atomic E-state index is 0.00929. The van der Waals surface area contributed by atoms with Gasteiger partial charge in [0.15, 0.2) is 0 Å². The summed E-state index contributed by atoms with van der Waals surface area (Å²) in [5.41, 5.74) is 5.32. The minimum absolute atomic E-state index is 0.00929. The zero-order valence-electron chi connectivity index (χ0n) is 18.4. The highest BCUT2D eigenvalue weighted by atomic mass is 16.1. The van der Waals surface area contributed by atoms with Gasteiger partial charge in [-0.05, 0) is 60.5 Å². The summed E-state index contributed by atoms with van der Waals surface area (Å²) in [6, 6.07) is 28.5. The summed E-state index contributed by atoms with van der Waals surface area (Å²) < 4.78 is 1.84. The van der Waals surface area contributed by atoms with Crippen molar-refractivity contribution >= 4 is 28.0 Å². The molecule has 2 heterocycles. The van der Waals surface area contributed by atoms with E-state index in [1.54, 1.807) is 6.07 Å². The molecular weight excluding hydrogens is 396 g/mol. The number of hydrogen-bond donors (Lipinski definition) is 1. The lowest BCUT2D eigenvalue weighted by Gasteiger charge is -2.34. The topological polar surface area (TPSA) is 40.5 Å². The van der Waals surface area contributed by atoms with Crippen LogP contribution in [0.5, 0.6) is 0 Å². The zero-order chi connectivity index (χ0) is 21.9. The van der Waals surface area contributed by atoms with Crippen LogP contribution in [0.1, 0.15) is 5.56 Å². The Hall–Kier alpha value is -3.57. The highest BCUT2D eigenvalue weighted by Gasteiger charge is 2.14. The lowest BCUT2D eigenvalue weighted by atomic mass is 10.1. The molecule has 1 aromatic heterocycles. The predicted molar refractivity (Wildman–Crippen MR) is 133 cm³/mol. The Labute approximate surface area is 188 Å². The number of pyridine rings is 1. The molecule has 4 aromatic rings. The molecule has 0 aliphatic carbocycles. The molecule has 3 aromatic carbocycles. The first kappa shape index (κ1) is 20.3. The van der Waals surface area contributed by atoms with Crippen LogP contribution in [0.25, 0.3) is 10.9 Å². The minimum Gasteiger partial charge on any atom is -0.369 e. The second-order valence-electron chi connectivity index (χ2n) is 8.48. The third-order valence-electron chi connectivity index (χ3n) is 6.20. The molecule has 1 N–H and O–H groups in total. The maximum atomic E-state index is 12.7. The van der Waals surface area contributed by atoms with Crippen molar-refractivity contribution in [3.05, 3.63) is 101 Å². The van der Waals surface area contributed by atoms with Crippen LogP contribution in [0, 0.1) is 0 Å². The molecule has 1 saturated heterocycles. The number of nitrogens with one attached hydrogen (secondary N) is 1. The molecule has 0 atom stereocenters. The van der Waals surface area contributed by atoms with Crippen LogP contribution in [-0.2, 0) is 6.54 Å². The van der Waals surface area contributed by atoms with Crippen molar-refractivity contribution in [2.45, 2.75) is 6.54 Å². The van der Waals surface area contributed by atoms with Gasteiger partial charge in [0.1, 0.15) is 0 Å². The van der Waals surface area contributed by atoms with Crippen molar-refractivity contribution in [2.24, 2.45) is 0 Å². The Balaban J connectivity index is 1.39. The van der Waals surface area contributed by atoms with Gasteiger partial charge in [-0.25, -0.2) is 0 Å². The van der Waals surface area contributed by atoms with Gasteiger partial charge in [-0.2, -0.15) is 0 Å². The van der Waals surface area contributed by atoms with E-state index in [9.17, 15) is 4.79 Å².